The molecule has 0 aliphatic carbocycles. The van der Waals surface area contributed by atoms with Crippen molar-refractivity contribution in [2.45, 2.75) is 123 Å². The molecule has 0 spiro atoms. The van der Waals surface area contributed by atoms with Gasteiger partial charge in [0, 0.05) is 18.4 Å². The molecule has 0 bridgehead atoms. The van der Waals surface area contributed by atoms with Crippen LogP contribution >= 0.6 is 0 Å². The number of rotatable bonds is 22. The average molecular weight is 539 g/mol. The minimum absolute atomic E-state index is 0.154. The highest BCUT2D eigenvalue weighted by molar-refractivity contribution is 5.69. The van der Waals surface area contributed by atoms with E-state index in [1.165, 1.54) is 68.9 Å². The summed E-state index contributed by atoms with van der Waals surface area (Å²) >= 11 is 0. The van der Waals surface area contributed by atoms with E-state index in [2.05, 4.69) is 70.4 Å². The zero-order valence-corrected chi connectivity index (χ0v) is 25.5. The van der Waals surface area contributed by atoms with Gasteiger partial charge in [0.2, 0.25) is 6.29 Å². The lowest BCUT2D eigenvalue weighted by Gasteiger charge is -2.30. The van der Waals surface area contributed by atoms with Gasteiger partial charge in [0.15, 0.2) is 0 Å². The van der Waals surface area contributed by atoms with E-state index >= 15 is 0 Å². The molecule has 0 amide bonds. The van der Waals surface area contributed by atoms with Crippen LogP contribution in [0.1, 0.15) is 115 Å². The highest BCUT2D eigenvalue weighted by Gasteiger charge is 2.19. The van der Waals surface area contributed by atoms with Crippen molar-refractivity contribution in [1.82, 2.24) is 0 Å². The third-order valence-corrected chi connectivity index (χ3v) is 7.42. The zero-order valence-electron chi connectivity index (χ0n) is 25.5. The summed E-state index contributed by atoms with van der Waals surface area (Å²) in [5.74, 6) is 0.710. The molecule has 0 aliphatic rings. The molecule has 1 atom stereocenters. The van der Waals surface area contributed by atoms with Gasteiger partial charge >= 0.3 is 5.97 Å². The Morgan fingerprint density at radius 2 is 1.38 bits per heavy atom. The number of esters is 1. The van der Waals surface area contributed by atoms with Crippen molar-refractivity contribution in [3.8, 4) is 5.75 Å². The van der Waals surface area contributed by atoms with Crippen LogP contribution in [0.15, 0.2) is 54.6 Å². The summed E-state index contributed by atoms with van der Waals surface area (Å²) in [4.78, 5) is 12.7. The number of carbonyl (C=O) groups excluding carboxylic acids is 1. The highest BCUT2D eigenvalue weighted by atomic mass is 16.7. The molecule has 2 aromatic rings. The Morgan fingerprint density at radius 3 is 2.08 bits per heavy atom. The molecule has 0 radical (unpaired) electrons. The molecule has 0 N–H and O–H groups in total. The lowest BCUT2D eigenvalue weighted by atomic mass is 10.0. The van der Waals surface area contributed by atoms with Crippen LogP contribution in [0.25, 0.3) is 0 Å². The normalized spacial score (nSPS) is 12.3. The fraction of sp³-hybridized carbons (Fsp3) is 0.629. The molecule has 218 valence electrons. The van der Waals surface area contributed by atoms with Gasteiger partial charge in [-0.2, -0.15) is 0 Å². The molecule has 0 saturated heterocycles. The summed E-state index contributed by atoms with van der Waals surface area (Å²) in [6, 6.07) is 18.9. The van der Waals surface area contributed by atoms with E-state index in [1.54, 1.807) is 0 Å². The van der Waals surface area contributed by atoms with Crippen molar-refractivity contribution in [3.63, 3.8) is 0 Å². The number of unbranched alkanes of at least 4 members (excludes halogenated alkanes) is 9. The third-order valence-electron chi connectivity index (χ3n) is 7.42. The van der Waals surface area contributed by atoms with Crippen LogP contribution in [0, 0.1) is 0 Å². The Kier molecular flexibility index (Phi) is 16.6. The van der Waals surface area contributed by atoms with E-state index in [0.717, 1.165) is 49.0 Å². The summed E-state index contributed by atoms with van der Waals surface area (Å²) in [5, 5.41) is 0. The molecule has 2 aromatic carbocycles. The van der Waals surface area contributed by atoms with Crippen LogP contribution in [-0.4, -0.2) is 37.4 Å². The minimum Gasteiger partial charge on any atom is -0.455 e. The van der Waals surface area contributed by atoms with Gasteiger partial charge in [-0.3, -0.25) is 4.79 Å². The smallest absolute Gasteiger partial charge is 0.308 e. The van der Waals surface area contributed by atoms with Gasteiger partial charge in [-0.1, -0.05) is 114 Å². The summed E-state index contributed by atoms with van der Waals surface area (Å²) in [5.41, 5.74) is 2.57. The standard InChI is InChI=1S/C35H56NO3/c1-5-7-8-9-10-11-12-13-17-25-32-26-18-19-27-33(32)38-35(22-6-2)39-34(37)28-20-21-29-36(3,4)30-31-23-15-14-16-24-31/h14-16,18-19,23-24,26-27,35H,5-13,17,20-22,25,28-30H2,1-4H3/q+1. The monoisotopic (exact) mass is 538 g/mol. The fourth-order valence-corrected chi connectivity index (χ4v) is 5.14. The van der Waals surface area contributed by atoms with E-state index in [9.17, 15) is 4.79 Å². The number of carbonyl (C=O) groups is 1. The Labute approximate surface area is 239 Å². The number of quaternary nitrogens is 1. The van der Waals surface area contributed by atoms with Crippen molar-refractivity contribution in [1.29, 1.82) is 0 Å². The Bertz CT molecular complexity index is 896. The second kappa shape index (κ2) is 19.7. The number of benzene rings is 2. The molecule has 0 aromatic heterocycles. The van der Waals surface area contributed by atoms with Crippen LogP contribution in [0.3, 0.4) is 0 Å². The van der Waals surface area contributed by atoms with Crippen molar-refractivity contribution in [2.24, 2.45) is 0 Å². The molecule has 2 rings (SSSR count). The number of nitrogens with zero attached hydrogens (tertiary/aromatic N) is 1. The molecule has 0 aliphatic heterocycles. The Balaban J connectivity index is 1.72. The van der Waals surface area contributed by atoms with Crippen molar-refractivity contribution >= 4 is 5.97 Å². The Morgan fingerprint density at radius 1 is 0.744 bits per heavy atom. The summed E-state index contributed by atoms with van der Waals surface area (Å²) in [7, 11) is 4.51. The van der Waals surface area contributed by atoms with Gasteiger partial charge in [-0.15, -0.1) is 0 Å². The lowest BCUT2D eigenvalue weighted by Crippen LogP contribution is -2.39. The van der Waals surface area contributed by atoms with Gasteiger partial charge in [0.25, 0.3) is 0 Å². The molecule has 1 unspecified atom stereocenters. The van der Waals surface area contributed by atoms with E-state index in [1.807, 2.05) is 12.1 Å². The first-order valence-corrected chi connectivity index (χ1v) is 15.7. The highest BCUT2D eigenvalue weighted by Crippen LogP contribution is 2.24. The van der Waals surface area contributed by atoms with Crippen LogP contribution < -0.4 is 4.74 Å². The van der Waals surface area contributed by atoms with Gasteiger partial charge < -0.3 is 14.0 Å². The molecule has 4 nitrogen and oxygen atoms in total. The molecular formula is C35H56NO3+. The van der Waals surface area contributed by atoms with Gasteiger partial charge in [0.1, 0.15) is 12.3 Å². The second-order valence-corrected chi connectivity index (χ2v) is 11.8. The van der Waals surface area contributed by atoms with Gasteiger partial charge in [-0.05, 0) is 43.7 Å². The van der Waals surface area contributed by atoms with Crippen LogP contribution in [0.5, 0.6) is 5.75 Å². The molecule has 4 heteroatoms. The van der Waals surface area contributed by atoms with Crippen LogP contribution in [-0.2, 0) is 22.5 Å². The maximum Gasteiger partial charge on any atom is 0.308 e. The first-order chi connectivity index (χ1) is 18.9. The largest absolute Gasteiger partial charge is 0.455 e. The van der Waals surface area contributed by atoms with Gasteiger partial charge in [0.05, 0.1) is 20.6 Å². The SMILES string of the molecule is CCCCCCCCCCCc1ccccc1OC(CCC)OC(=O)CCCC[N+](C)(C)Cc1ccccc1. The minimum atomic E-state index is -0.517. The van der Waals surface area contributed by atoms with E-state index < -0.39 is 6.29 Å². The fourth-order valence-electron chi connectivity index (χ4n) is 5.14. The second-order valence-electron chi connectivity index (χ2n) is 11.8. The van der Waals surface area contributed by atoms with Crippen molar-refractivity contribution < 1.29 is 18.8 Å². The first kappa shape index (κ1) is 32.9. The average Bonchev–Trinajstić information content (AvgIpc) is 2.91. The number of hydrogen-bond donors (Lipinski definition) is 0. The molecule has 0 heterocycles. The summed E-state index contributed by atoms with van der Waals surface area (Å²) in [6.07, 6.45) is 16.3. The number of ether oxygens (including phenoxy) is 2. The van der Waals surface area contributed by atoms with E-state index in [0.29, 0.717) is 12.8 Å². The van der Waals surface area contributed by atoms with E-state index in [4.69, 9.17) is 9.47 Å². The zero-order chi connectivity index (χ0) is 28.2. The quantitative estimate of drug-likeness (QED) is 0.0648. The van der Waals surface area contributed by atoms with Crippen LogP contribution in [0.4, 0.5) is 0 Å². The van der Waals surface area contributed by atoms with Crippen molar-refractivity contribution in [3.05, 3.63) is 65.7 Å². The lowest BCUT2D eigenvalue weighted by molar-refractivity contribution is -0.903. The molecular weight excluding hydrogens is 482 g/mol. The number of para-hydroxylation sites is 1. The Hall–Kier alpha value is -2.33. The van der Waals surface area contributed by atoms with Crippen LogP contribution in [0.2, 0.25) is 0 Å². The molecule has 39 heavy (non-hydrogen) atoms. The predicted octanol–water partition coefficient (Wildman–Crippen LogP) is 9.26. The third kappa shape index (κ3) is 15.1. The van der Waals surface area contributed by atoms with E-state index in [-0.39, 0.29) is 5.97 Å². The molecule has 0 saturated carbocycles. The maximum absolute atomic E-state index is 12.7. The number of hydrogen-bond acceptors (Lipinski definition) is 3. The number of aryl methyl sites for hydroxylation is 1. The summed E-state index contributed by atoms with van der Waals surface area (Å²) < 4.78 is 13.0. The topological polar surface area (TPSA) is 35.5 Å². The van der Waals surface area contributed by atoms with Gasteiger partial charge in [-0.25, -0.2) is 0 Å². The van der Waals surface area contributed by atoms with Crippen molar-refractivity contribution in [2.75, 3.05) is 20.6 Å². The molecule has 0 fully saturated rings. The first-order valence-electron chi connectivity index (χ1n) is 15.7. The summed E-state index contributed by atoms with van der Waals surface area (Å²) in [6.45, 7) is 6.40. The predicted molar refractivity (Wildman–Crippen MR) is 164 cm³/mol. The maximum atomic E-state index is 12.7.